The molecule has 0 spiro atoms. The Labute approximate surface area is 85.1 Å². The number of carbonyl (C=O) groups excluding carboxylic acids is 1. The Balaban J connectivity index is 2.40. The fourth-order valence-corrected chi connectivity index (χ4v) is 1.75. The zero-order chi connectivity index (χ0) is 10.6. The lowest BCUT2D eigenvalue weighted by Gasteiger charge is -2.19. The fraction of sp³-hybridized carbons (Fsp3) is 0.900. The molecule has 1 saturated heterocycles. The third kappa shape index (κ3) is 2.69. The maximum absolute atomic E-state index is 11.7. The number of hydrogen-bond acceptors (Lipinski definition) is 3. The lowest BCUT2D eigenvalue weighted by Crippen LogP contribution is -2.48. The summed E-state index contributed by atoms with van der Waals surface area (Å²) in [5.41, 5.74) is 0. The van der Waals surface area contributed by atoms with Crippen LogP contribution in [-0.4, -0.2) is 36.2 Å². The summed E-state index contributed by atoms with van der Waals surface area (Å²) in [4.78, 5) is 11.7. The largest absolute Gasteiger partial charge is 0.394 e. The molecule has 1 aliphatic heterocycles. The van der Waals surface area contributed by atoms with Crippen LogP contribution in [-0.2, 0) is 4.79 Å². The fourth-order valence-electron chi connectivity index (χ4n) is 1.75. The number of amides is 1. The van der Waals surface area contributed by atoms with E-state index < -0.39 is 0 Å². The second-order valence-electron chi connectivity index (χ2n) is 3.99. The van der Waals surface area contributed by atoms with Crippen molar-refractivity contribution >= 4 is 5.91 Å². The summed E-state index contributed by atoms with van der Waals surface area (Å²) in [5, 5.41) is 15.0. The summed E-state index contributed by atoms with van der Waals surface area (Å²) in [7, 11) is 0. The molecule has 2 unspecified atom stereocenters. The maximum Gasteiger partial charge on any atom is 0.237 e. The molecule has 0 radical (unpaired) electrons. The van der Waals surface area contributed by atoms with E-state index in [2.05, 4.69) is 17.6 Å². The van der Waals surface area contributed by atoms with Gasteiger partial charge in [0.2, 0.25) is 5.91 Å². The third-order valence-corrected chi connectivity index (χ3v) is 2.88. The molecule has 1 fully saturated rings. The van der Waals surface area contributed by atoms with Crippen molar-refractivity contribution in [3.8, 4) is 0 Å². The molecule has 3 N–H and O–H groups in total. The normalized spacial score (nSPS) is 28.8. The van der Waals surface area contributed by atoms with Crippen molar-refractivity contribution in [1.82, 2.24) is 10.6 Å². The molecular weight excluding hydrogens is 180 g/mol. The number of aliphatic hydroxyl groups excluding tert-OH is 1. The first kappa shape index (κ1) is 11.5. The molecule has 0 aromatic heterocycles. The zero-order valence-electron chi connectivity index (χ0n) is 8.92. The van der Waals surface area contributed by atoms with Crippen molar-refractivity contribution in [2.75, 3.05) is 13.2 Å². The Bertz CT molecular complexity index is 193. The average Bonchev–Trinajstić information content (AvgIpc) is 2.60. The first-order valence-corrected chi connectivity index (χ1v) is 5.33. The van der Waals surface area contributed by atoms with Crippen LogP contribution in [0.4, 0.5) is 0 Å². The summed E-state index contributed by atoms with van der Waals surface area (Å²) in [6.07, 6.45) is 1.82. The molecule has 4 heteroatoms. The van der Waals surface area contributed by atoms with Gasteiger partial charge in [0.25, 0.3) is 0 Å². The van der Waals surface area contributed by atoms with Gasteiger partial charge in [0.05, 0.1) is 18.7 Å². The molecule has 1 amide bonds. The van der Waals surface area contributed by atoms with Crippen molar-refractivity contribution in [2.24, 2.45) is 5.92 Å². The van der Waals surface area contributed by atoms with Crippen LogP contribution in [0.1, 0.15) is 26.7 Å². The smallest absolute Gasteiger partial charge is 0.237 e. The highest BCUT2D eigenvalue weighted by atomic mass is 16.3. The lowest BCUT2D eigenvalue weighted by atomic mass is 10.0. The monoisotopic (exact) mass is 200 g/mol. The minimum atomic E-state index is -0.0999. The Morgan fingerprint density at radius 1 is 1.71 bits per heavy atom. The predicted octanol–water partition coefficient (Wildman–Crippen LogP) is -0.128. The van der Waals surface area contributed by atoms with Gasteiger partial charge in [-0.3, -0.25) is 4.79 Å². The van der Waals surface area contributed by atoms with Gasteiger partial charge in [-0.05, 0) is 25.3 Å². The van der Waals surface area contributed by atoms with E-state index in [1.807, 2.05) is 6.92 Å². The standard InChI is InChI=1S/C10H20N2O2/c1-3-8(6-13)12-10(14)9-7(2)4-5-11-9/h7-9,11,13H,3-6H2,1-2H3,(H,12,14)/t7?,8-,9?/m0/s1. The van der Waals surface area contributed by atoms with Crippen molar-refractivity contribution in [2.45, 2.75) is 38.8 Å². The van der Waals surface area contributed by atoms with E-state index in [9.17, 15) is 4.79 Å². The highest BCUT2D eigenvalue weighted by molar-refractivity contribution is 5.82. The molecule has 14 heavy (non-hydrogen) atoms. The molecule has 0 saturated carbocycles. The quantitative estimate of drug-likeness (QED) is 0.592. The minimum absolute atomic E-state index is 0.0172. The molecule has 0 bridgehead atoms. The summed E-state index contributed by atoms with van der Waals surface area (Å²) in [6, 6.07) is -0.173. The molecule has 0 aromatic carbocycles. The second kappa shape index (κ2) is 5.32. The lowest BCUT2D eigenvalue weighted by molar-refractivity contribution is -0.124. The van der Waals surface area contributed by atoms with Crippen molar-refractivity contribution in [3.63, 3.8) is 0 Å². The van der Waals surface area contributed by atoms with Gasteiger partial charge in [-0.15, -0.1) is 0 Å². The zero-order valence-corrected chi connectivity index (χ0v) is 8.92. The molecule has 3 atom stereocenters. The first-order valence-electron chi connectivity index (χ1n) is 5.33. The molecule has 1 heterocycles. The van der Waals surface area contributed by atoms with Crippen LogP contribution < -0.4 is 10.6 Å². The van der Waals surface area contributed by atoms with Crippen LogP contribution in [0.5, 0.6) is 0 Å². The van der Waals surface area contributed by atoms with Gasteiger partial charge in [0, 0.05) is 0 Å². The number of rotatable bonds is 4. The van der Waals surface area contributed by atoms with Crippen LogP contribution in [0.25, 0.3) is 0 Å². The molecule has 1 rings (SSSR count). The van der Waals surface area contributed by atoms with E-state index in [0.717, 1.165) is 19.4 Å². The summed E-state index contributed by atoms with van der Waals surface area (Å²) >= 11 is 0. The number of carbonyl (C=O) groups is 1. The Morgan fingerprint density at radius 2 is 2.43 bits per heavy atom. The Kier molecular flexibility index (Phi) is 4.35. The minimum Gasteiger partial charge on any atom is -0.394 e. The summed E-state index contributed by atoms with van der Waals surface area (Å²) in [5.74, 6) is 0.419. The van der Waals surface area contributed by atoms with E-state index in [4.69, 9.17) is 5.11 Å². The average molecular weight is 200 g/mol. The van der Waals surface area contributed by atoms with Crippen molar-refractivity contribution < 1.29 is 9.90 Å². The maximum atomic E-state index is 11.7. The molecule has 82 valence electrons. The molecular formula is C10H20N2O2. The number of nitrogens with one attached hydrogen (secondary N) is 2. The van der Waals surface area contributed by atoms with Crippen LogP contribution in [0, 0.1) is 5.92 Å². The van der Waals surface area contributed by atoms with Crippen molar-refractivity contribution in [1.29, 1.82) is 0 Å². The molecule has 0 aromatic rings. The van der Waals surface area contributed by atoms with E-state index >= 15 is 0 Å². The highest BCUT2D eigenvalue weighted by Gasteiger charge is 2.29. The van der Waals surface area contributed by atoms with Gasteiger partial charge >= 0.3 is 0 Å². The van der Waals surface area contributed by atoms with Gasteiger partial charge < -0.3 is 15.7 Å². The summed E-state index contributed by atoms with van der Waals surface area (Å²) in [6.45, 7) is 4.95. The highest BCUT2D eigenvalue weighted by Crippen LogP contribution is 2.14. The van der Waals surface area contributed by atoms with Crippen molar-refractivity contribution in [3.05, 3.63) is 0 Å². The van der Waals surface area contributed by atoms with Crippen LogP contribution in [0.15, 0.2) is 0 Å². The summed E-state index contributed by atoms with van der Waals surface area (Å²) < 4.78 is 0. The topological polar surface area (TPSA) is 61.4 Å². The van der Waals surface area contributed by atoms with Gasteiger partial charge in [0.1, 0.15) is 0 Å². The van der Waals surface area contributed by atoms with Gasteiger partial charge in [-0.1, -0.05) is 13.8 Å². The third-order valence-electron chi connectivity index (χ3n) is 2.88. The number of hydrogen-bond donors (Lipinski definition) is 3. The van der Waals surface area contributed by atoms with E-state index in [-0.39, 0.29) is 24.6 Å². The van der Waals surface area contributed by atoms with Gasteiger partial charge in [-0.2, -0.15) is 0 Å². The van der Waals surface area contributed by atoms with Crippen LogP contribution in [0.3, 0.4) is 0 Å². The first-order chi connectivity index (χ1) is 6.69. The molecule has 0 aliphatic carbocycles. The molecule has 1 aliphatic rings. The Morgan fingerprint density at radius 3 is 2.86 bits per heavy atom. The number of aliphatic hydroxyl groups is 1. The van der Waals surface area contributed by atoms with Gasteiger partial charge in [0.15, 0.2) is 0 Å². The van der Waals surface area contributed by atoms with E-state index in [1.165, 1.54) is 0 Å². The SMILES string of the molecule is CC[C@@H](CO)NC(=O)C1NCCC1C. The van der Waals surface area contributed by atoms with E-state index in [1.54, 1.807) is 0 Å². The second-order valence-corrected chi connectivity index (χ2v) is 3.99. The van der Waals surface area contributed by atoms with Crippen LogP contribution in [0.2, 0.25) is 0 Å². The van der Waals surface area contributed by atoms with Crippen LogP contribution >= 0.6 is 0 Å². The predicted molar refractivity (Wildman–Crippen MR) is 54.9 cm³/mol. The van der Waals surface area contributed by atoms with E-state index in [0.29, 0.717) is 5.92 Å². The van der Waals surface area contributed by atoms with Gasteiger partial charge in [-0.25, -0.2) is 0 Å². The molecule has 4 nitrogen and oxygen atoms in total. The Hall–Kier alpha value is -0.610.